The molecule has 0 amide bonds. The molecule has 0 unspecified atom stereocenters. The lowest BCUT2D eigenvalue weighted by atomic mass is 10.0. The Labute approximate surface area is 182 Å². The molecule has 0 aliphatic heterocycles. The fourth-order valence-electron chi connectivity index (χ4n) is 3.65. The van der Waals surface area contributed by atoms with Gasteiger partial charge in [0.05, 0.1) is 11.4 Å². The van der Waals surface area contributed by atoms with Gasteiger partial charge in [0, 0.05) is 17.6 Å². The maximum atomic E-state index is 4.96. The number of hydrogen-bond donors (Lipinski definition) is 0. The van der Waals surface area contributed by atoms with Crippen molar-refractivity contribution in [1.29, 1.82) is 0 Å². The first-order chi connectivity index (χ1) is 15.4. The highest BCUT2D eigenvalue weighted by Crippen LogP contribution is 2.36. The molecule has 0 aliphatic rings. The van der Waals surface area contributed by atoms with Gasteiger partial charge in [0.2, 0.25) is 0 Å². The summed E-state index contributed by atoms with van der Waals surface area (Å²) in [7, 11) is 0. The maximum Gasteiger partial charge on any atom is 0.138 e. The highest BCUT2D eigenvalue weighted by molar-refractivity contribution is 5.79. The van der Waals surface area contributed by atoms with Crippen LogP contribution in [-0.2, 0) is 0 Å². The summed E-state index contributed by atoms with van der Waals surface area (Å²) in [6, 6.07) is 41.3. The average molecular weight is 399 g/mol. The topological polar surface area (TPSA) is 29.0 Å². The van der Waals surface area contributed by atoms with Crippen molar-refractivity contribution in [2.24, 2.45) is 0 Å². The van der Waals surface area contributed by atoms with Gasteiger partial charge >= 0.3 is 0 Å². The highest BCUT2D eigenvalue weighted by Gasteiger charge is 2.15. The fraction of sp³-hybridized carbons (Fsp3) is 0. The van der Waals surface area contributed by atoms with E-state index >= 15 is 0 Å². The van der Waals surface area contributed by atoms with E-state index < -0.39 is 0 Å². The lowest BCUT2D eigenvalue weighted by Gasteiger charge is -2.25. The van der Waals surface area contributed by atoms with Gasteiger partial charge in [-0.1, -0.05) is 72.8 Å². The number of para-hydroxylation sites is 1. The zero-order valence-electron chi connectivity index (χ0n) is 17.0. The van der Waals surface area contributed by atoms with E-state index in [1.807, 2.05) is 60.7 Å². The van der Waals surface area contributed by atoms with Crippen LogP contribution in [0.2, 0.25) is 0 Å². The van der Waals surface area contributed by atoms with Crippen molar-refractivity contribution in [2.75, 3.05) is 4.90 Å². The van der Waals surface area contributed by atoms with Crippen molar-refractivity contribution in [1.82, 2.24) is 9.97 Å². The van der Waals surface area contributed by atoms with Crippen molar-refractivity contribution >= 4 is 17.2 Å². The summed E-state index contributed by atoms with van der Waals surface area (Å²) in [6.07, 6.45) is 1.79. The van der Waals surface area contributed by atoms with Crippen LogP contribution in [0.25, 0.3) is 22.5 Å². The molecule has 0 N–H and O–H groups in total. The van der Waals surface area contributed by atoms with Gasteiger partial charge in [0.15, 0.2) is 0 Å². The zero-order valence-corrected chi connectivity index (χ0v) is 17.0. The van der Waals surface area contributed by atoms with Crippen LogP contribution in [0.1, 0.15) is 0 Å². The van der Waals surface area contributed by atoms with E-state index in [4.69, 9.17) is 4.98 Å². The molecule has 31 heavy (non-hydrogen) atoms. The largest absolute Gasteiger partial charge is 0.295 e. The third kappa shape index (κ3) is 4.07. The molecular weight excluding hydrogens is 378 g/mol. The highest BCUT2D eigenvalue weighted by atomic mass is 15.2. The van der Waals surface area contributed by atoms with Crippen LogP contribution in [0, 0.1) is 0 Å². The monoisotopic (exact) mass is 399 g/mol. The molecule has 3 aromatic carbocycles. The number of anilines is 3. The lowest BCUT2D eigenvalue weighted by molar-refractivity contribution is 1.17. The van der Waals surface area contributed by atoms with E-state index in [-0.39, 0.29) is 0 Å². The van der Waals surface area contributed by atoms with Gasteiger partial charge in [-0.3, -0.25) is 9.88 Å². The predicted octanol–water partition coefficient (Wildman–Crippen LogP) is 7.28. The maximum absolute atomic E-state index is 4.96. The second-order valence-electron chi connectivity index (χ2n) is 7.18. The second kappa shape index (κ2) is 8.64. The number of rotatable bonds is 5. The quantitative estimate of drug-likeness (QED) is 0.311. The Morgan fingerprint density at radius 1 is 0.484 bits per heavy atom. The van der Waals surface area contributed by atoms with Crippen molar-refractivity contribution in [2.45, 2.75) is 0 Å². The van der Waals surface area contributed by atoms with E-state index in [0.29, 0.717) is 0 Å². The number of pyridine rings is 2. The molecule has 0 saturated carbocycles. The van der Waals surface area contributed by atoms with E-state index in [1.54, 1.807) is 6.20 Å². The number of aromatic nitrogens is 2. The van der Waals surface area contributed by atoms with Crippen molar-refractivity contribution in [3.05, 3.63) is 128 Å². The first kappa shape index (κ1) is 18.8. The molecule has 0 bridgehead atoms. The molecule has 2 aromatic heterocycles. The van der Waals surface area contributed by atoms with Gasteiger partial charge in [0.1, 0.15) is 5.82 Å². The number of nitrogens with zero attached hydrogens (tertiary/aromatic N) is 3. The number of benzene rings is 3. The van der Waals surface area contributed by atoms with Gasteiger partial charge in [-0.25, -0.2) is 4.98 Å². The molecule has 5 rings (SSSR count). The molecule has 0 fully saturated rings. The summed E-state index contributed by atoms with van der Waals surface area (Å²) >= 11 is 0. The third-order valence-corrected chi connectivity index (χ3v) is 5.12. The average Bonchev–Trinajstić information content (AvgIpc) is 2.86. The Balaban J connectivity index is 1.63. The van der Waals surface area contributed by atoms with E-state index in [2.05, 4.69) is 70.5 Å². The van der Waals surface area contributed by atoms with Crippen LogP contribution in [-0.4, -0.2) is 9.97 Å². The Hall–Kier alpha value is -4.24. The Morgan fingerprint density at radius 2 is 1.13 bits per heavy atom. The predicted molar refractivity (Wildman–Crippen MR) is 128 cm³/mol. The summed E-state index contributed by atoms with van der Waals surface area (Å²) < 4.78 is 0. The molecule has 0 aliphatic carbocycles. The van der Waals surface area contributed by atoms with Gasteiger partial charge in [-0.2, -0.15) is 0 Å². The van der Waals surface area contributed by atoms with Gasteiger partial charge in [0.25, 0.3) is 0 Å². The number of hydrogen-bond acceptors (Lipinski definition) is 3. The van der Waals surface area contributed by atoms with Crippen LogP contribution in [0.3, 0.4) is 0 Å². The molecule has 148 valence electrons. The first-order valence-corrected chi connectivity index (χ1v) is 10.3. The zero-order chi connectivity index (χ0) is 20.9. The molecule has 3 heteroatoms. The molecule has 0 spiro atoms. The minimum Gasteiger partial charge on any atom is -0.295 e. The minimum absolute atomic E-state index is 0.846. The Bertz CT molecular complexity index is 1190. The Kier molecular flexibility index (Phi) is 5.23. The SMILES string of the molecule is c1ccc(-c2cccc(N(c3ccccc3)c3cccc(-c4ccccn4)n3)c2)cc1. The van der Waals surface area contributed by atoms with Crippen LogP contribution >= 0.6 is 0 Å². The van der Waals surface area contributed by atoms with Gasteiger partial charge in [-0.05, 0) is 59.7 Å². The van der Waals surface area contributed by atoms with Crippen LogP contribution in [0.5, 0.6) is 0 Å². The van der Waals surface area contributed by atoms with Gasteiger partial charge < -0.3 is 0 Å². The van der Waals surface area contributed by atoms with Crippen LogP contribution < -0.4 is 4.90 Å². The van der Waals surface area contributed by atoms with Crippen LogP contribution in [0.15, 0.2) is 128 Å². The molecule has 3 nitrogen and oxygen atoms in total. The summed E-state index contributed by atoms with van der Waals surface area (Å²) in [4.78, 5) is 11.6. The van der Waals surface area contributed by atoms with E-state index in [0.717, 1.165) is 28.6 Å². The smallest absolute Gasteiger partial charge is 0.138 e. The van der Waals surface area contributed by atoms with E-state index in [1.165, 1.54) is 11.1 Å². The summed E-state index contributed by atoms with van der Waals surface area (Å²) in [5.74, 6) is 0.847. The molecular formula is C28H21N3. The van der Waals surface area contributed by atoms with Crippen LogP contribution in [0.4, 0.5) is 17.2 Å². The molecule has 0 radical (unpaired) electrons. The Morgan fingerprint density at radius 3 is 1.90 bits per heavy atom. The first-order valence-electron chi connectivity index (χ1n) is 10.3. The molecule has 0 saturated heterocycles. The van der Waals surface area contributed by atoms with Crippen molar-refractivity contribution < 1.29 is 0 Å². The standard InChI is InChI=1S/C28H21N3/c1-3-11-22(12-4-1)23-13-9-16-25(21-23)31(24-14-5-2-6-15-24)28-19-10-18-27(30-28)26-17-7-8-20-29-26/h1-21H. The van der Waals surface area contributed by atoms with Crippen molar-refractivity contribution in [3.8, 4) is 22.5 Å². The second-order valence-corrected chi connectivity index (χ2v) is 7.18. The van der Waals surface area contributed by atoms with Crippen molar-refractivity contribution in [3.63, 3.8) is 0 Å². The fourth-order valence-corrected chi connectivity index (χ4v) is 3.65. The van der Waals surface area contributed by atoms with E-state index in [9.17, 15) is 0 Å². The molecule has 0 atom stereocenters. The summed E-state index contributed by atoms with van der Waals surface area (Å²) in [5.41, 5.74) is 6.16. The molecule has 2 heterocycles. The summed E-state index contributed by atoms with van der Waals surface area (Å²) in [6.45, 7) is 0. The molecule has 5 aromatic rings. The third-order valence-electron chi connectivity index (χ3n) is 5.12. The normalized spacial score (nSPS) is 10.6. The summed E-state index contributed by atoms with van der Waals surface area (Å²) in [5, 5.41) is 0. The minimum atomic E-state index is 0.846. The lowest BCUT2D eigenvalue weighted by Crippen LogP contribution is -2.12. The van der Waals surface area contributed by atoms with Gasteiger partial charge in [-0.15, -0.1) is 0 Å².